The molecule has 0 bridgehead atoms. The number of likely N-dealkylation sites (tertiary alicyclic amines) is 1. The second-order valence-electron chi connectivity index (χ2n) is 8.68. The highest BCUT2D eigenvalue weighted by molar-refractivity contribution is 6.30. The van der Waals surface area contributed by atoms with E-state index in [9.17, 15) is 18.0 Å². The predicted molar refractivity (Wildman–Crippen MR) is 120 cm³/mol. The fourth-order valence-corrected chi connectivity index (χ4v) is 5.02. The zero-order valence-electron chi connectivity index (χ0n) is 18.2. The molecule has 2 aliphatic heterocycles. The number of nitrogens with zero attached hydrogens (tertiary/aromatic N) is 3. The number of alkyl halides is 3. The number of hydrogen-bond donors (Lipinski definition) is 0. The lowest BCUT2D eigenvalue weighted by Gasteiger charge is -2.46. The van der Waals surface area contributed by atoms with Crippen LogP contribution < -0.4 is 4.90 Å². The first-order chi connectivity index (χ1) is 15.8. The maximum absolute atomic E-state index is 12.7. The third-order valence-corrected chi connectivity index (χ3v) is 6.76. The van der Waals surface area contributed by atoms with Gasteiger partial charge in [0, 0.05) is 49.4 Å². The Morgan fingerprint density at radius 1 is 1.06 bits per heavy atom. The molecule has 0 amide bonds. The van der Waals surface area contributed by atoms with Crippen LogP contribution in [0.1, 0.15) is 31.2 Å². The second-order valence-corrected chi connectivity index (χ2v) is 9.11. The van der Waals surface area contributed by atoms with Gasteiger partial charge in [0.15, 0.2) is 0 Å². The Balaban J connectivity index is 1.44. The number of ether oxygens (including phenoxy) is 1. The maximum Gasteiger partial charge on any atom is 0.490 e. The van der Waals surface area contributed by atoms with E-state index < -0.39 is 18.2 Å². The van der Waals surface area contributed by atoms with E-state index in [1.54, 1.807) is 6.20 Å². The fourth-order valence-electron chi connectivity index (χ4n) is 4.90. The maximum atomic E-state index is 12.7. The van der Waals surface area contributed by atoms with E-state index in [2.05, 4.69) is 14.8 Å². The molecule has 33 heavy (non-hydrogen) atoms. The van der Waals surface area contributed by atoms with Crippen molar-refractivity contribution in [1.82, 2.24) is 9.88 Å². The molecule has 0 unspecified atom stereocenters. The van der Waals surface area contributed by atoms with Gasteiger partial charge in [-0.25, -0.2) is 9.78 Å². The average molecular weight is 482 g/mol. The minimum absolute atomic E-state index is 0.0163. The summed E-state index contributed by atoms with van der Waals surface area (Å²) in [5, 5.41) is 0.637. The lowest BCUT2D eigenvalue weighted by Crippen LogP contribution is -2.54. The number of carbonyl (C=O) groups is 1. The summed E-state index contributed by atoms with van der Waals surface area (Å²) in [5.41, 5.74) is 1.06. The van der Waals surface area contributed by atoms with Crippen LogP contribution >= 0.6 is 11.6 Å². The lowest BCUT2D eigenvalue weighted by molar-refractivity contribution is -0.207. The summed E-state index contributed by atoms with van der Waals surface area (Å²) in [6.07, 6.45) is -0.581. The van der Waals surface area contributed by atoms with Crippen molar-refractivity contribution in [3.05, 3.63) is 59.2 Å². The SMILES string of the molecule is O=C(O[C@@H]1CCN(C2CCN(c3ccccn3)CC2)[C@@H](Cc2ccc(Cl)cc2)C1)C(F)(F)F. The molecule has 178 valence electrons. The van der Waals surface area contributed by atoms with E-state index in [1.165, 1.54) is 0 Å². The molecule has 2 aromatic rings. The molecule has 2 fully saturated rings. The number of aromatic nitrogens is 1. The predicted octanol–water partition coefficient (Wildman–Crippen LogP) is 4.89. The topological polar surface area (TPSA) is 45.7 Å². The molecular formula is C24H27ClF3N3O2. The third kappa shape index (κ3) is 6.18. The zero-order valence-corrected chi connectivity index (χ0v) is 18.9. The Morgan fingerprint density at radius 3 is 2.42 bits per heavy atom. The molecule has 4 rings (SSSR count). The molecule has 2 saturated heterocycles. The minimum atomic E-state index is -4.97. The molecule has 0 saturated carbocycles. The monoisotopic (exact) mass is 481 g/mol. The number of hydrogen-bond acceptors (Lipinski definition) is 5. The molecule has 2 aliphatic rings. The van der Waals surface area contributed by atoms with Crippen molar-refractivity contribution in [1.29, 1.82) is 0 Å². The van der Waals surface area contributed by atoms with Crippen molar-refractivity contribution in [3.63, 3.8) is 0 Å². The number of rotatable bonds is 5. The first-order valence-electron chi connectivity index (χ1n) is 11.2. The summed E-state index contributed by atoms with van der Waals surface area (Å²) in [7, 11) is 0. The van der Waals surface area contributed by atoms with E-state index in [-0.39, 0.29) is 6.04 Å². The highest BCUT2D eigenvalue weighted by Crippen LogP contribution is 2.31. The van der Waals surface area contributed by atoms with E-state index in [4.69, 9.17) is 16.3 Å². The van der Waals surface area contributed by atoms with E-state index in [0.717, 1.165) is 37.3 Å². The molecule has 5 nitrogen and oxygen atoms in total. The van der Waals surface area contributed by atoms with E-state index in [1.807, 2.05) is 42.5 Å². The molecule has 0 aliphatic carbocycles. The lowest BCUT2D eigenvalue weighted by atomic mass is 9.90. The van der Waals surface area contributed by atoms with E-state index in [0.29, 0.717) is 36.9 Å². The van der Waals surface area contributed by atoms with Crippen LogP contribution in [-0.4, -0.2) is 59.9 Å². The molecule has 0 N–H and O–H groups in total. The molecule has 9 heteroatoms. The van der Waals surface area contributed by atoms with Crippen LogP contribution in [0.25, 0.3) is 0 Å². The Morgan fingerprint density at radius 2 is 1.79 bits per heavy atom. The van der Waals surface area contributed by atoms with Crippen molar-refractivity contribution in [2.75, 3.05) is 24.5 Å². The average Bonchev–Trinajstić information content (AvgIpc) is 2.81. The van der Waals surface area contributed by atoms with Crippen LogP contribution in [0.15, 0.2) is 48.7 Å². The van der Waals surface area contributed by atoms with Crippen LogP contribution in [0.4, 0.5) is 19.0 Å². The number of benzene rings is 1. The number of halogens is 4. The van der Waals surface area contributed by atoms with Gasteiger partial charge in [0.05, 0.1) is 0 Å². The van der Waals surface area contributed by atoms with Gasteiger partial charge in [-0.05, 0) is 55.5 Å². The van der Waals surface area contributed by atoms with Gasteiger partial charge in [-0.3, -0.25) is 4.90 Å². The van der Waals surface area contributed by atoms with Crippen LogP contribution in [0.2, 0.25) is 5.02 Å². The molecule has 2 atom stereocenters. The Kier molecular flexibility index (Phi) is 7.44. The molecular weight excluding hydrogens is 455 g/mol. The van der Waals surface area contributed by atoms with Crippen LogP contribution in [0, 0.1) is 0 Å². The normalized spacial score (nSPS) is 22.8. The fraction of sp³-hybridized carbons (Fsp3) is 0.500. The van der Waals surface area contributed by atoms with Crippen molar-refractivity contribution in [2.45, 2.75) is 56.5 Å². The zero-order chi connectivity index (χ0) is 23.4. The van der Waals surface area contributed by atoms with Crippen LogP contribution in [0.5, 0.6) is 0 Å². The van der Waals surface area contributed by atoms with Crippen molar-refractivity contribution < 1.29 is 22.7 Å². The third-order valence-electron chi connectivity index (χ3n) is 6.51. The van der Waals surface area contributed by atoms with Gasteiger partial charge >= 0.3 is 12.1 Å². The summed E-state index contributed by atoms with van der Waals surface area (Å²) >= 11 is 6.01. The molecule has 3 heterocycles. The number of pyridine rings is 1. The van der Waals surface area contributed by atoms with Gasteiger partial charge in [-0.2, -0.15) is 13.2 Å². The summed E-state index contributed by atoms with van der Waals surface area (Å²) in [4.78, 5) is 20.5. The number of esters is 1. The Hall–Kier alpha value is -2.32. The highest BCUT2D eigenvalue weighted by atomic mass is 35.5. The van der Waals surface area contributed by atoms with E-state index >= 15 is 0 Å². The summed E-state index contributed by atoms with van der Waals surface area (Å²) < 4.78 is 43.0. The highest BCUT2D eigenvalue weighted by Gasteiger charge is 2.44. The summed E-state index contributed by atoms with van der Waals surface area (Å²) in [6, 6.07) is 13.7. The Bertz CT molecular complexity index is 919. The van der Waals surface area contributed by atoms with Crippen molar-refractivity contribution >= 4 is 23.4 Å². The van der Waals surface area contributed by atoms with Gasteiger partial charge < -0.3 is 9.64 Å². The number of piperidine rings is 2. The van der Waals surface area contributed by atoms with Gasteiger partial charge in [-0.1, -0.05) is 29.8 Å². The minimum Gasteiger partial charge on any atom is -0.456 e. The van der Waals surface area contributed by atoms with Gasteiger partial charge in [-0.15, -0.1) is 0 Å². The number of carbonyl (C=O) groups excluding carboxylic acids is 1. The van der Waals surface area contributed by atoms with Crippen molar-refractivity contribution in [2.24, 2.45) is 0 Å². The molecule has 1 aromatic carbocycles. The Labute approximate surface area is 196 Å². The van der Waals surface area contributed by atoms with Crippen LogP contribution in [-0.2, 0) is 16.0 Å². The first-order valence-corrected chi connectivity index (χ1v) is 11.6. The standard InChI is InChI=1S/C24H27ClF3N3O2/c25-18-6-4-17(5-7-18)15-20-16-21(33-23(32)24(26,27)28)10-14-31(20)19-8-12-30(13-9-19)22-3-1-2-11-29-22/h1-7,11,19-21H,8-10,12-16H2/t20-,21+/m0/s1. The second kappa shape index (κ2) is 10.3. The van der Waals surface area contributed by atoms with Gasteiger partial charge in [0.1, 0.15) is 11.9 Å². The van der Waals surface area contributed by atoms with Crippen LogP contribution in [0.3, 0.4) is 0 Å². The molecule has 0 spiro atoms. The first kappa shape index (κ1) is 23.8. The molecule has 1 aromatic heterocycles. The largest absolute Gasteiger partial charge is 0.490 e. The van der Waals surface area contributed by atoms with Gasteiger partial charge in [0.2, 0.25) is 0 Å². The molecule has 0 radical (unpaired) electrons. The quantitative estimate of drug-likeness (QED) is 0.569. The smallest absolute Gasteiger partial charge is 0.456 e. The summed E-state index contributed by atoms with van der Waals surface area (Å²) in [5.74, 6) is -1.14. The number of anilines is 1. The van der Waals surface area contributed by atoms with Gasteiger partial charge in [0.25, 0.3) is 0 Å². The summed E-state index contributed by atoms with van der Waals surface area (Å²) in [6.45, 7) is 2.35. The van der Waals surface area contributed by atoms with Crippen molar-refractivity contribution in [3.8, 4) is 0 Å².